The summed E-state index contributed by atoms with van der Waals surface area (Å²) in [4.78, 5) is 29.2. The number of hydrogen-bond donors (Lipinski definition) is 0. The first-order chi connectivity index (χ1) is 14.0. The molecule has 1 aliphatic rings. The zero-order valence-corrected chi connectivity index (χ0v) is 18.6. The lowest BCUT2D eigenvalue weighted by Crippen LogP contribution is -2.47. The summed E-state index contributed by atoms with van der Waals surface area (Å²) >= 11 is 1.75. The van der Waals surface area contributed by atoms with Gasteiger partial charge in [-0.25, -0.2) is 0 Å². The number of thioether (sulfide) groups is 1. The van der Waals surface area contributed by atoms with Crippen molar-refractivity contribution in [3.8, 4) is 5.75 Å². The Morgan fingerprint density at radius 2 is 2.00 bits per heavy atom. The Balaban J connectivity index is 2.07. The standard InChI is InChI=1S/C21H32N2O5S/c1-5-28-21(25)16(2)22(11-6-13-26-3)15-19(24)23-12-14-29-20(23)17-7-9-18(27-4)10-8-17/h7-10,16,20H,5-6,11-15H2,1-4H3. The fraction of sp³-hybridized carbons (Fsp3) is 0.619. The predicted molar refractivity (Wildman–Crippen MR) is 114 cm³/mol. The van der Waals surface area contributed by atoms with Crippen molar-refractivity contribution in [2.75, 3.05) is 52.8 Å². The van der Waals surface area contributed by atoms with E-state index in [1.165, 1.54) is 0 Å². The number of ether oxygens (including phenoxy) is 3. The first-order valence-corrected chi connectivity index (χ1v) is 11.0. The van der Waals surface area contributed by atoms with Gasteiger partial charge in [-0.15, -0.1) is 11.8 Å². The van der Waals surface area contributed by atoms with Crippen molar-refractivity contribution in [3.05, 3.63) is 29.8 Å². The average Bonchev–Trinajstić information content (AvgIpc) is 3.23. The van der Waals surface area contributed by atoms with Gasteiger partial charge in [0.25, 0.3) is 0 Å². The molecule has 7 nitrogen and oxygen atoms in total. The molecule has 2 atom stereocenters. The van der Waals surface area contributed by atoms with E-state index in [9.17, 15) is 9.59 Å². The van der Waals surface area contributed by atoms with E-state index in [2.05, 4.69) is 0 Å². The molecule has 1 aliphatic heterocycles. The molecule has 2 unspecified atom stereocenters. The van der Waals surface area contributed by atoms with Crippen LogP contribution in [-0.2, 0) is 19.1 Å². The summed E-state index contributed by atoms with van der Waals surface area (Å²) in [5.41, 5.74) is 1.08. The number of methoxy groups -OCH3 is 2. The van der Waals surface area contributed by atoms with Crippen LogP contribution in [0.1, 0.15) is 31.2 Å². The van der Waals surface area contributed by atoms with Crippen molar-refractivity contribution < 1.29 is 23.8 Å². The molecule has 0 saturated carbocycles. The molecule has 162 valence electrons. The number of carbonyl (C=O) groups excluding carboxylic acids is 2. The van der Waals surface area contributed by atoms with Gasteiger partial charge in [0.2, 0.25) is 5.91 Å². The van der Waals surface area contributed by atoms with Crippen LogP contribution >= 0.6 is 11.8 Å². The zero-order valence-electron chi connectivity index (χ0n) is 17.8. The molecule has 2 rings (SSSR count). The quantitative estimate of drug-likeness (QED) is 0.399. The second-order valence-corrected chi connectivity index (χ2v) is 8.02. The third-order valence-corrected chi connectivity index (χ3v) is 6.18. The molecular formula is C21H32N2O5S. The highest BCUT2D eigenvalue weighted by molar-refractivity contribution is 7.99. The van der Waals surface area contributed by atoms with Gasteiger partial charge in [-0.1, -0.05) is 12.1 Å². The summed E-state index contributed by atoms with van der Waals surface area (Å²) in [7, 11) is 3.28. The van der Waals surface area contributed by atoms with Crippen LogP contribution in [0.5, 0.6) is 5.75 Å². The normalized spacial score (nSPS) is 17.4. The molecular weight excluding hydrogens is 392 g/mol. The Labute approximate surface area is 177 Å². The fourth-order valence-corrected chi connectivity index (χ4v) is 4.55. The maximum absolute atomic E-state index is 13.1. The van der Waals surface area contributed by atoms with Crippen LogP contribution in [0.25, 0.3) is 0 Å². The van der Waals surface area contributed by atoms with Gasteiger partial charge in [-0.2, -0.15) is 0 Å². The van der Waals surface area contributed by atoms with E-state index in [0.717, 1.165) is 23.5 Å². The van der Waals surface area contributed by atoms with Crippen LogP contribution in [0.2, 0.25) is 0 Å². The first-order valence-electron chi connectivity index (χ1n) is 9.96. The van der Waals surface area contributed by atoms with Gasteiger partial charge in [-0.3, -0.25) is 14.5 Å². The van der Waals surface area contributed by atoms with E-state index in [1.54, 1.807) is 39.8 Å². The third-order valence-electron chi connectivity index (χ3n) is 4.92. The lowest BCUT2D eigenvalue weighted by molar-refractivity contribution is -0.150. The Morgan fingerprint density at radius 3 is 2.62 bits per heavy atom. The molecule has 0 radical (unpaired) electrons. The van der Waals surface area contributed by atoms with Crippen LogP contribution in [0, 0.1) is 0 Å². The number of benzene rings is 1. The largest absolute Gasteiger partial charge is 0.497 e. The minimum Gasteiger partial charge on any atom is -0.497 e. The minimum atomic E-state index is -0.481. The summed E-state index contributed by atoms with van der Waals surface area (Å²) in [6.45, 7) is 5.94. The van der Waals surface area contributed by atoms with Crippen molar-refractivity contribution >= 4 is 23.6 Å². The average molecular weight is 425 g/mol. The van der Waals surface area contributed by atoms with Crippen LogP contribution in [0.4, 0.5) is 0 Å². The SMILES string of the molecule is CCOC(=O)C(C)N(CCCOC)CC(=O)N1CCSC1c1ccc(OC)cc1. The second-order valence-electron chi connectivity index (χ2n) is 6.83. The Morgan fingerprint density at radius 1 is 1.28 bits per heavy atom. The van der Waals surface area contributed by atoms with Crippen molar-refractivity contribution in [3.63, 3.8) is 0 Å². The number of amides is 1. The molecule has 1 aromatic carbocycles. The van der Waals surface area contributed by atoms with E-state index in [0.29, 0.717) is 26.3 Å². The monoisotopic (exact) mass is 424 g/mol. The van der Waals surface area contributed by atoms with Gasteiger partial charge in [0.05, 0.1) is 20.3 Å². The topological polar surface area (TPSA) is 68.3 Å². The smallest absolute Gasteiger partial charge is 0.323 e. The van der Waals surface area contributed by atoms with Gasteiger partial charge < -0.3 is 19.1 Å². The zero-order chi connectivity index (χ0) is 21.2. The molecule has 0 bridgehead atoms. The number of nitrogens with zero attached hydrogens (tertiary/aromatic N) is 2. The molecule has 29 heavy (non-hydrogen) atoms. The van der Waals surface area contributed by atoms with Crippen molar-refractivity contribution in [2.45, 2.75) is 31.7 Å². The first kappa shape index (κ1) is 23.5. The highest BCUT2D eigenvalue weighted by Gasteiger charge is 2.33. The van der Waals surface area contributed by atoms with E-state index in [-0.39, 0.29) is 23.8 Å². The lowest BCUT2D eigenvalue weighted by Gasteiger charge is -2.31. The Hall–Kier alpha value is -1.77. The molecule has 0 aromatic heterocycles. The molecule has 1 amide bonds. The summed E-state index contributed by atoms with van der Waals surface area (Å²) in [6, 6.07) is 7.35. The lowest BCUT2D eigenvalue weighted by atomic mass is 10.2. The van der Waals surface area contributed by atoms with Crippen molar-refractivity contribution in [1.82, 2.24) is 9.80 Å². The molecule has 1 heterocycles. The molecule has 0 aliphatic carbocycles. The Bertz CT molecular complexity index is 655. The van der Waals surface area contributed by atoms with Crippen LogP contribution in [0.15, 0.2) is 24.3 Å². The van der Waals surface area contributed by atoms with Crippen LogP contribution in [-0.4, -0.2) is 80.5 Å². The number of rotatable bonds is 11. The number of hydrogen-bond acceptors (Lipinski definition) is 7. The second kappa shape index (κ2) is 12.0. The summed E-state index contributed by atoms with van der Waals surface area (Å²) in [6.07, 6.45) is 0.740. The molecule has 1 aromatic rings. The summed E-state index contributed by atoms with van der Waals surface area (Å²) in [5.74, 6) is 1.39. The van der Waals surface area contributed by atoms with Gasteiger partial charge >= 0.3 is 5.97 Å². The predicted octanol–water partition coefficient (Wildman–Crippen LogP) is 2.56. The van der Waals surface area contributed by atoms with Crippen LogP contribution in [0.3, 0.4) is 0 Å². The molecule has 1 saturated heterocycles. The maximum atomic E-state index is 13.1. The molecule has 0 N–H and O–H groups in total. The van der Waals surface area contributed by atoms with Crippen molar-refractivity contribution in [2.24, 2.45) is 0 Å². The fourth-order valence-electron chi connectivity index (χ4n) is 3.27. The van der Waals surface area contributed by atoms with E-state index in [4.69, 9.17) is 14.2 Å². The number of esters is 1. The summed E-state index contributed by atoms with van der Waals surface area (Å²) < 4.78 is 15.5. The number of carbonyl (C=O) groups is 2. The molecule has 0 spiro atoms. The molecule has 1 fully saturated rings. The molecule has 8 heteroatoms. The van der Waals surface area contributed by atoms with Crippen molar-refractivity contribution in [1.29, 1.82) is 0 Å². The third kappa shape index (κ3) is 6.62. The summed E-state index contributed by atoms with van der Waals surface area (Å²) in [5, 5.41) is -0.0212. The van der Waals surface area contributed by atoms with E-state index < -0.39 is 6.04 Å². The highest BCUT2D eigenvalue weighted by Crippen LogP contribution is 2.38. The minimum absolute atomic E-state index is 0.0179. The van der Waals surface area contributed by atoms with Crippen LogP contribution < -0.4 is 4.74 Å². The highest BCUT2D eigenvalue weighted by atomic mass is 32.2. The van der Waals surface area contributed by atoms with E-state index >= 15 is 0 Å². The maximum Gasteiger partial charge on any atom is 0.323 e. The van der Waals surface area contributed by atoms with Gasteiger partial charge in [0, 0.05) is 32.6 Å². The van der Waals surface area contributed by atoms with Gasteiger partial charge in [-0.05, 0) is 38.0 Å². The van der Waals surface area contributed by atoms with E-state index in [1.807, 2.05) is 34.1 Å². The van der Waals surface area contributed by atoms with Gasteiger partial charge in [0.15, 0.2) is 0 Å². The Kier molecular flexibility index (Phi) is 9.76. The van der Waals surface area contributed by atoms with Gasteiger partial charge in [0.1, 0.15) is 17.2 Å².